The maximum atomic E-state index is 13.0. The Kier molecular flexibility index (Phi) is 5.91. The van der Waals surface area contributed by atoms with Gasteiger partial charge >= 0.3 is 6.18 Å². The Hall–Kier alpha value is -3.92. The molecule has 2 aromatic carbocycles. The zero-order valence-corrected chi connectivity index (χ0v) is 19.2. The first-order valence-corrected chi connectivity index (χ1v) is 11.3. The molecular formula is C26H22F3N3O4. The lowest BCUT2D eigenvalue weighted by atomic mass is 9.95. The molecule has 1 aromatic heterocycles. The van der Waals surface area contributed by atoms with E-state index >= 15 is 0 Å². The number of nitrogens with one attached hydrogen (secondary N) is 2. The van der Waals surface area contributed by atoms with Crippen LogP contribution in [0, 0.1) is 6.92 Å². The van der Waals surface area contributed by atoms with Gasteiger partial charge in [0.2, 0.25) is 0 Å². The van der Waals surface area contributed by atoms with Crippen molar-refractivity contribution < 1.29 is 32.2 Å². The number of hydrogen-bond acceptors (Lipinski definition) is 5. The molecule has 2 aliphatic heterocycles. The van der Waals surface area contributed by atoms with E-state index in [9.17, 15) is 22.8 Å². The van der Waals surface area contributed by atoms with E-state index in [1.54, 1.807) is 36.4 Å². The van der Waals surface area contributed by atoms with Crippen LogP contribution in [-0.4, -0.2) is 35.7 Å². The minimum atomic E-state index is -4.65. The second-order valence-corrected chi connectivity index (χ2v) is 8.79. The van der Waals surface area contributed by atoms with Crippen molar-refractivity contribution >= 4 is 17.5 Å². The van der Waals surface area contributed by atoms with Crippen molar-refractivity contribution in [1.82, 2.24) is 10.3 Å². The normalized spacial score (nSPS) is 16.6. The van der Waals surface area contributed by atoms with Crippen LogP contribution >= 0.6 is 0 Å². The molecule has 36 heavy (non-hydrogen) atoms. The molecule has 0 unspecified atom stereocenters. The van der Waals surface area contributed by atoms with Gasteiger partial charge in [-0.2, -0.15) is 13.2 Å². The van der Waals surface area contributed by atoms with E-state index in [4.69, 9.17) is 9.47 Å². The minimum Gasteiger partial charge on any atom is -0.467 e. The summed E-state index contributed by atoms with van der Waals surface area (Å²) in [5, 5.41) is 5.60. The third-order valence-corrected chi connectivity index (χ3v) is 6.29. The van der Waals surface area contributed by atoms with Crippen molar-refractivity contribution in [3.05, 3.63) is 77.1 Å². The van der Waals surface area contributed by atoms with Crippen LogP contribution in [0.5, 0.6) is 5.75 Å². The van der Waals surface area contributed by atoms with Crippen LogP contribution in [0.2, 0.25) is 0 Å². The number of nitrogens with zero attached hydrogens (tertiary/aromatic N) is 1. The molecule has 1 saturated heterocycles. The van der Waals surface area contributed by atoms with Crippen LogP contribution in [0.25, 0.3) is 11.1 Å². The molecule has 0 bridgehead atoms. The number of halogens is 3. The maximum Gasteiger partial charge on any atom is 0.433 e. The number of ether oxygens (including phenoxy) is 2. The van der Waals surface area contributed by atoms with Crippen molar-refractivity contribution in [2.24, 2.45) is 0 Å². The van der Waals surface area contributed by atoms with Crippen LogP contribution in [0.15, 0.2) is 54.7 Å². The van der Waals surface area contributed by atoms with E-state index in [2.05, 4.69) is 15.6 Å². The SMILES string of the molecule is Cc1ccc(NC(=O)c2ccnc(C(F)(F)F)c2)cc1-c1ccc2c(c1)OC1(CCOCC1)NC2=O. The van der Waals surface area contributed by atoms with E-state index in [1.807, 2.05) is 6.92 Å². The predicted molar refractivity (Wildman–Crippen MR) is 125 cm³/mol. The highest BCUT2D eigenvalue weighted by Gasteiger charge is 2.41. The molecule has 1 fully saturated rings. The van der Waals surface area contributed by atoms with Gasteiger partial charge < -0.3 is 20.1 Å². The minimum absolute atomic E-state index is 0.158. The summed E-state index contributed by atoms with van der Waals surface area (Å²) in [7, 11) is 0. The highest BCUT2D eigenvalue weighted by atomic mass is 19.4. The number of aromatic nitrogens is 1. The molecule has 0 radical (unpaired) electrons. The van der Waals surface area contributed by atoms with Gasteiger partial charge in [0, 0.05) is 30.3 Å². The van der Waals surface area contributed by atoms with Crippen molar-refractivity contribution in [3.63, 3.8) is 0 Å². The van der Waals surface area contributed by atoms with Gasteiger partial charge in [-0.3, -0.25) is 14.6 Å². The lowest BCUT2D eigenvalue weighted by molar-refractivity contribution is -0.141. The van der Waals surface area contributed by atoms with Crippen LogP contribution in [0.3, 0.4) is 0 Å². The zero-order chi connectivity index (χ0) is 25.5. The number of alkyl halides is 3. The summed E-state index contributed by atoms with van der Waals surface area (Å²) in [5.41, 5.74) is 1.18. The first-order valence-electron chi connectivity index (χ1n) is 11.3. The monoisotopic (exact) mass is 497 g/mol. The Balaban J connectivity index is 1.42. The molecule has 186 valence electrons. The molecule has 0 aliphatic carbocycles. The van der Waals surface area contributed by atoms with Crippen molar-refractivity contribution in [2.45, 2.75) is 31.7 Å². The summed E-state index contributed by atoms with van der Waals surface area (Å²) in [6.45, 7) is 2.86. The number of carbonyl (C=O) groups is 2. The Morgan fingerprint density at radius 3 is 2.58 bits per heavy atom. The third-order valence-electron chi connectivity index (χ3n) is 6.29. The number of pyridine rings is 1. The topological polar surface area (TPSA) is 89.6 Å². The first-order chi connectivity index (χ1) is 17.1. The molecule has 5 rings (SSSR count). The zero-order valence-electron chi connectivity index (χ0n) is 19.2. The lowest BCUT2D eigenvalue weighted by Crippen LogP contribution is -2.58. The van der Waals surface area contributed by atoms with E-state index in [1.165, 1.54) is 6.07 Å². The molecule has 10 heteroatoms. The first kappa shape index (κ1) is 23.8. The Bertz CT molecular complexity index is 1350. The fraction of sp³-hybridized carbons (Fsp3) is 0.269. The second kappa shape index (κ2) is 8.94. The number of fused-ring (bicyclic) bond motifs is 1. The van der Waals surface area contributed by atoms with E-state index in [0.29, 0.717) is 49.1 Å². The number of hydrogen-bond donors (Lipinski definition) is 2. The summed E-state index contributed by atoms with van der Waals surface area (Å²) >= 11 is 0. The van der Waals surface area contributed by atoms with Gasteiger partial charge in [-0.25, -0.2) is 0 Å². The van der Waals surface area contributed by atoms with Crippen LogP contribution in [-0.2, 0) is 10.9 Å². The second-order valence-electron chi connectivity index (χ2n) is 8.79. The molecule has 0 saturated carbocycles. The summed E-state index contributed by atoms with van der Waals surface area (Å²) in [5.74, 6) is -0.439. The van der Waals surface area contributed by atoms with Gasteiger partial charge in [0.05, 0.1) is 18.8 Å². The number of amides is 2. The molecule has 7 nitrogen and oxygen atoms in total. The van der Waals surface area contributed by atoms with Gasteiger partial charge in [-0.05, 0) is 60.0 Å². The summed E-state index contributed by atoms with van der Waals surface area (Å²) in [4.78, 5) is 28.6. The highest BCUT2D eigenvalue weighted by molar-refractivity contribution is 6.04. The van der Waals surface area contributed by atoms with Crippen molar-refractivity contribution in [2.75, 3.05) is 18.5 Å². The molecule has 2 N–H and O–H groups in total. The van der Waals surface area contributed by atoms with E-state index < -0.39 is 23.5 Å². The maximum absolute atomic E-state index is 13.0. The molecule has 1 spiro atoms. The number of anilines is 1. The quantitative estimate of drug-likeness (QED) is 0.534. The molecule has 0 atom stereocenters. The predicted octanol–water partition coefficient (Wildman–Crippen LogP) is 4.96. The van der Waals surface area contributed by atoms with E-state index in [0.717, 1.165) is 22.9 Å². The average Bonchev–Trinajstić information content (AvgIpc) is 2.85. The Labute approximate surface area is 204 Å². The smallest absolute Gasteiger partial charge is 0.433 e. The Morgan fingerprint density at radius 2 is 1.83 bits per heavy atom. The van der Waals surface area contributed by atoms with Crippen molar-refractivity contribution in [3.8, 4) is 16.9 Å². The third kappa shape index (κ3) is 4.64. The molecule has 2 aliphatic rings. The summed E-state index contributed by atoms with van der Waals surface area (Å²) < 4.78 is 50.6. The fourth-order valence-corrected chi connectivity index (χ4v) is 4.34. The van der Waals surface area contributed by atoms with Crippen molar-refractivity contribution in [1.29, 1.82) is 0 Å². The number of aryl methyl sites for hydroxylation is 1. The highest BCUT2D eigenvalue weighted by Crippen LogP contribution is 2.37. The van der Waals surface area contributed by atoms with Gasteiger partial charge in [0.1, 0.15) is 11.4 Å². The number of benzene rings is 2. The fourth-order valence-electron chi connectivity index (χ4n) is 4.34. The van der Waals surface area contributed by atoms with Crippen LogP contribution in [0.4, 0.5) is 18.9 Å². The summed E-state index contributed by atoms with van der Waals surface area (Å²) in [6, 6.07) is 12.4. The van der Waals surface area contributed by atoms with Gasteiger partial charge in [-0.15, -0.1) is 0 Å². The lowest BCUT2D eigenvalue weighted by Gasteiger charge is -2.41. The Morgan fingerprint density at radius 1 is 1.06 bits per heavy atom. The molecule has 3 heterocycles. The summed E-state index contributed by atoms with van der Waals surface area (Å²) in [6.07, 6.45) is -2.63. The van der Waals surface area contributed by atoms with Crippen LogP contribution in [0.1, 0.15) is 44.8 Å². The molecule has 3 aromatic rings. The van der Waals surface area contributed by atoms with E-state index in [-0.39, 0.29) is 11.5 Å². The van der Waals surface area contributed by atoms with Gasteiger partial charge in [-0.1, -0.05) is 12.1 Å². The van der Waals surface area contributed by atoms with Crippen LogP contribution < -0.4 is 15.4 Å². The largest absolute Gasteiger partial charge is 0.467 e. The van der Waals surface area contributed by atoms with Gasteiger partial charge in [0.15, 0.2) is 5.72 Å². The standard InChI is InChI=1S/C26H22F3N3O4/c1-15-2-4-18(31-23(33)17-6-9-30-22(13-17)26(27,28)29)14-20(15)16-3-5-19-21(12-16)36-25(32-24(19)34)7-10-35-11-8-25/h2-6,9,12-14H,7-8,10-11H2,1H3,(H,31,33)(H,32,34). The molecule has 2 amide bonds. The number of carbonyl (C=O) groups excluding carboxylic acids is 2. The molecular weight excluding hydrogens is 475 g/mol. The average molecular weight is 497 g/mol. The van der Waals surface area contributed by atoms with Gasteiger partial charge in [0.25, 0.3) is 11.8 Å². The number of rotatable bonds is 3.